The van der Waals surface area contributed by atoms with Crippen molar-refractivity contribution in [1.82, 2.24) is 0 Å². The molecule has 1 N–H and O–H groups in total. The highest BCUT2D eigenvalue weighted by Gasteiger charge is 1.68. The van der Waals surface area contributed by atoms with E-state index in [0.29, 0.717) is 0 Å². The van der Waals surface area contributed by atoms with E-state index < -0.39 is 0 Å². The predicted molar refractivity (Wildman–Crippen MR) is 69.7 cm³/mol. The lowest BCUT2D eigenvalue weighted by Gasteiger charge is -1.79. The van der Waals surface area contributed by atoms with E-state index in [4.69, 9.17) is 9.93 Å². The Kier molecular flexibility index (Phi) is 649. The first-order valence-corrected chi connectivity index (χ1v) is 4.10. The van der Waals surface area contributed by atoms with Gasteiger partial charge in [-0.25, -0.2) is 0 Å². The minimum absolute atomic E-state index is 0. The van der Waals surface area contributed by atoms with Crippen molar-refractivity contribution in [2.75, 3.05) is 6.16 Å². The van der Waals surface area contributed by atoms with E-state index in [-0.39, 0.29) is 27.8 Å². The van der Waals surface area contributed by atoms with Crippen molar-refractivity contribution in [2.24, 2.45) is 0 Å². The van der Waals surface area contributed by atoms with Crippen LogP contribution in [0.3, 0.4) is 0 Å². The van der Waals surface area contributed by atoms with Crippen molar-refractivity contribution in [2.45, 2.75) is 55.9 Å². The predicted octanol–water partition coefficient (Wildman–Crippen LogP) is 4.49. The van der Waals surface area contributed by atoms with E-state index in [1.54, 1.807) is 0 Å². The monoisotopic (exact) mass is 217 g/mol. The highest BCUT2D eigenvalue weighted by Crippen LogP contribution is 1.89. The van der Waals surface area contributed by atoms with E-state index in [0.717, 1.165) is 0 Å². The van der Waals surface area contributed by atoms with Crippen LogP contribution in [0.1, 0.15) is 55.9 Å². The fourth-order valence-corrected chi connectivity index (χ4v) is 0.612. The molecule has 1 atom stereocenters. The average molecular weight is 217 g/mol. The Morgan fingerprint density at radius 3 is 1.23 bits per heavy atom. The minimum atomic E-state index is 0. The standard InChI is InChI=1S/C4H11P.C2H6.3CH4.O2.H2O/c1-2-3-4-5;1-2;;;;1-2;/h2-5H2,1H3;1-2H3;3*1H4;;1H2/p-1. The maximum atomic E-state index is 7.00. The summed E-state index contributed by atoms with van der Waals surface area (Å²) in [4.78, 5) is 14.0. The second-order valence-electron chi connectivity index (χ2n) is 1.14. The zero-order chi connectivity index (χ0) is 8.12. The molecular weight excluding hydrogens is 187 g/mol. The third kappa shape index (κ3) is 302. The van der Waals surface area contributed by atoms with E-state index in [9.17, 15) is 0 Å². The lowest BCUT2D eigenvalue weighted by molar-refractivity contribution is 0.824. The molecule has 0 rings (SSSR count). The molecule has 1 unspecified atom stereocenters. The summed E-state index contributed by atoms with van der Waals surface area (Å²) in [6.07, 6.45) is 3.94. The Hall–Kier alpha value is -0.0100. The van der Waals surface area contributed by atoms with Gasteiger partial charge < -0.3 is 5.48 Å². The Morgan fingerprint density at radius 1 is 1.00 bits per heavy atom. The van der Waals surface area contributed by atoms with Crippen LogP contribution < -0.4 is 0 Å². The van der Waals surface area contributed by atoms with Gasteiger partial charge in [0.05, 0.1) is 0 Å². The molecule has 0 amide bonds. The van der Waals surface area contributed by atoms with Gasteiger partial charge in [-0.2, -0.15) is 0 Å². The van der Waals surface area contributed by atoms with Crippen LogP contribution in [0.5, 0.6) is 0 Å². The third-order valence-corrected chi connectivity index (χ3v) is 0.966. The fraction of sp³-hybridized carbons (Fsp3) is 1.00. The normalized spacial score (nSPS) is 4.00. The van der Waals surface area contributed by atoms with Crippen LogP contribution in [-0.4, -0.2) is 11.6 Å². The molecule has 0 saturated heterocycles. The average Bonchev–Trinajstić information content (AvgIpc) is 1.98. The SMILES string of the molecule is C.C.C.CC.CCCCP.O=O.[OH-]. The Labute approximate surface area is 87.4 Å². The van der Waals surface area contributed by atoms with Gasteiger partial charge in [-0.15, -0.1) is 9.24 Å². The van der Waals surface area contributed by atoms with Gasteiger partial charge in [-0.1, -0.05) is 55.9 Å². The van der Waals surface area contributed by atoms with Crippen LogP contribution in [-0.2, 0) is 0 Å². The van der Waals surface area contributed by atoms with E-state index >= 15 is 0 Å². The van der Waals surface area contributed by atoms with Crippen molar-refractivity contribution < 1.29 is 5.48 Å². The minimum Gasteiger partial charge on any atom is -0.870 e. The van der Waals surface area contributed by atoms with Gasteiger partial charge in [0.2, 0.25) is 0 Å². The molecule has 0 fully saturated rings. The smallest absolute Gasteiger partial charge is 0 e. The lowest BCUT2D eigenvalue weighted by atomic mass is 10.4. The van der Waals surface area contributed by atoms with Crippen LogP contribution in [0.4, 0.5) is 0 Å². The van der Waals surface area contributed by atoms with Crippen LogP contribution in [0.15, 0.2) is 0 Å². The lowest BCUT2D eigenvalue weighted by Crippen LogP contribution is -1.64. The molecule has 0 radical (unpaired) electrons. The van der Waals surface area contributed by atoms with Crippen LogP contribution in [0.2, 0.25) is 0 Å². The Bertz CT molecular complexity index is 28.8. The van der Waals surface area contributed by atoms with Crippen molar-refractivity contribution in [3.8, 4) is 0 Å². The van der Waals surface area contributed by atoms with Crippen LogP contribution in [0, 0.1) is 9.93 Å². The van der Waals surface area contributed by atoms with Crippen molar-refractivity contribution in [3.63, 3.8) is 0 Å². The summed E-state index contributed by atoms with van der Waals surface area (Å²) in [5.41, 5.74) is 0. The molecule has 0 aromatic rings. The molecule has 3 nitrogen and oxygen atoms in total. The summed E-state index contributed by atoms with van der Waals surface area (Å²) in [6.45, 7) is 6.20. The van der Waals surface area contributed by atoms with E-state index in [1.807, 2.05) is 13.8 Å². The molecule has 0 aromatic heterocycles. The molecule has 0 saturated carbocycles. The van der Waals surface area contributed by atoms with Crippen LogP contribution in [0.25, 0.3) is 0 Å². The van der Waals surface area contributed by atoms with E-state index in [1.165, 1.54) is 19.0 Å². The molecule has 0 heterocycles. The first-order valence-electron chi connectivity index (χ1n) is 3.28. The molecule has 4 heteroatoms. The molecule has 0 bridgehead atoms. The molecule has 13 heavy (non-hydrogen) atoms. The number of hydrogen-bond acceptors (Lipinski definition) is 3. The zero-order valence-electron chi connectivity index (χ0n) is 6.96. The maximum Gasteiger partial charge on any atom is 0 e. The molecule has 90 valence electrons. The Morgan fingerprint density at radius 2 is 1.23 bits per heavy atom. The molecule has 0 aromatic carbocycles. The highest BCUT2D eigenvalue weighted by molar-refractivity contribution is 7.16. The first kappa shape index (κ1) is 52.0. The highest BCUT2D eigenvalue weighted by atomic mass is 31.0. The maximum absolute atomic E-state index is 7.00. The number of hydrogen-bond donors (Lipinski definition) is 0. The molecule has 0 aliphatic heterocycles. The summed E-state index contributed by atoms with van der Waals surface area (Å²) in [7, 11) is 2.70. The summed E-state index contributed by atoms with van der Waals surface area (Å²) in [5, 5.41) is 0. The van der Waals surface area contributed by atoms with E-state index in [2.05, 4.69) is 16.2 Å². The Balaban J connectivity index is -0.00000000818. The quantitative estimate of drug-likeness (QED) is 0.640. The topological polar surface area (TPSA) is 64.1 Å². The van der Waals surface area contributed by atoms with Crippen molar-refractivity contribution in [3.05, 3.63) is 9.93 Å². The van der Waals surface area contributed by atoms with Gasteiger partial charge in [0.1, 0.15) is 0 Å². The number of rotatable bonds is 2. The summed E-state index contributed by atoms with van der Waals surface area (Å²) in [6, 6.07) is 0. The largest absolute Gasteiger partial charge is 0.870 e. The van der Waals surface area contributed by atoms with Crippen molar-refractivity contribution >= 4 is 9.24 Å². The molecule has 0 aliphatic carbocycles. The van der Waals surface area contributed by atoms with Gasteiger partial charge in [0.15, 0.2) is 0 Å². The van der Waals surface area contributed by atoms with Gasteiger partial charge >= 0.3 is 0 Å². The van der Waals surface area contributed by atoms with Gasteiger partial charge in [0.25, 0.3) is 0 Å². The molecule has 0 spiro atoms. The van der Waals surface area contributed by atoms with Crippen LogP contribution >= 0.6 is 9.24 Å². The van der Waals surface area contributed by atoms with Gasteiger partial charge in [-0.3, -0.25) is 0 Å². The van der Waals surface area contributed by atoms with Gasteiger partial charge in [-0.05, 0) is 6.16 Å². The fourth-order valence-electron chi connectivity index (χ4n) is 0.204. The van der Waals surface area contributed by atoms with Gasteiger partial charge in [0, 0.05) is 9.93 Å². The third-order valence-electron chi connectivity index (χ3n) is 0.558. The molecular formula is C9H30O3P-. The first-order chi connectivity index (χ1) is 4.41. The summed E-state index contributed by atoms with van der Waals surface area (Å²) < 4.78 is 0. The second kappa shape index (κ2) is 162. The summed E-state index contributed by atoms with van der Waals surface area (Å²) >= 11 is 0. The summed E-state index contributed by atoms with van der Waals surface area (Å²) in [5.74, 6) is 0. The van der Waals surface area contributed by atoms with Crippen molar-refractivity contribution in [1.29, 1.82) is 0 Å². The zero-order valence-corrected chi connectivity index (χ0v) is 8.12. The molecule has 0 aliphatic rings. The number of unbranched alkanes of at least 4 members (excludes halogenated alkanes) is 1. The second-order valence-corrected chi connectivity index (χ2v) is 1.72.